The molecule has 1 aromatic carbocycles. The van der Waals surface area contributed by atoms with Crippen molar-refractivity contribution in [1.29, 1.82) is 0 Å². The number of hydrogen-bond donors (Lipinski definition) is 1. The third-order valence-corrected chi connectivity index (χ3v) is 2.37. The Morgan fingerprint density at radius 2 is 1.84 bits per heavy atom. The van der Waals surface area contributed by atoms with Gasteiger partial charge in [-0.1, -0.05) is 0 Å². The minimum absolute atomic E-state index is 0.0456. The van der Waals surface area contributed by atoms with Crippen LogP contribution in [0.4, 0.5) is 0 Å². The third-order valence-electron chi connectivity index (χ3n) is 2.37. The molecule has 1 aromatic heterocycles. The van der Waals surface area contributed by atoms with Gasteiger partial charge in [-0.25, -0.2) is 0 Å². The van der Waals surface area contributed by atoms with Crippen molar-refractivity contribution in [3.63, 3.8) is 0 Å². The number of nitrogens with zero attached hydrogens (tertiary/aromatic N) is 2. The van der Waals surface area contributed by atoms with Gasteiger partial charge in [0, 0.05) is 11.6 Å². The Labute approximate surface area is 108 Å². The highest BCUT2D eigenvalue weighted by atomic mass is 16.5. The normalized spacial score (nSPS) is 10.2. The first-order chi connectivity index (χ1) is 9.12. The van der Waals surface area contributed by atoms with Crippen molar-refractivity contribution in [3.8, 4) is 23.0 Å². The second-order valence-electron chi connectivity index (χ2n) is 3.67. The Bertz CT molecular complexity index is 571. The summed E-state index contributed by atoms with van der Waals surface area (Å²) in [7, 11) is 3.06. The summed E-state index contributed by atoms with van der Waals surface area (Å²) in [6, 6.07) is 5.10. The smallest absolute Gasteiger partial charge is 0.312 e. The SMILES string of the molecule is COc1cc(OC)cc(-c2nnc(CC(=O)O)o2)c1. The van der Waals surface area contributed by atoms with E-state index in [1.807, 2.05) is 0 Å². The van der Waals surface area contributed by atoms with Crippen LogP contribution in [0.25, 0.3) is 11.5 Å². The number of carbonyl (C=O) groups is 1. The van der Waals surface area contributed by atoms with Crippen molar-refractivity contribution in [1.82, 2.24) is 10.2 Å². The first-order valence-corrected chi connectivity index (χ1v) is 5.40. The fourth-order valence-corrected chi connectivity index (χ4v) is 1.50. The summed E-state index contributed by atoms with van der Waals surface area (Å²) >= 11 is 0. The number of hydrogen-bond acceptors (Lipinski definition) is 6. The number of carboxylic acid groups (broad SMARTS) is 1. The molecule has 1 N–H and O–H groups in total. The maximum atomic E-state index is 10.5. The van der Waals surface area contributed by atoms with E-state index in [0.29, 0.717) is 17.1 Å². The standard InChI is InChI=1S/C12H12N2O5/c1-17-8-3-7(4-9(5-8)18-2)12-14-13-10(19-12)6-11(15)16/h3-5H,6H2,1-2H3,(H,15,16). The van der Waals surface area contributed by atoms with Gasteiger partial charge in [0.05, 0.1) is 14.2 Å². The van der Waals surface area contributed by atoms with Crippen LogP contribution in [0.1, 0.15) is 5.89 Å². The molecule has 7 nitrogen and oxygen atoms in total. The van der Waals surface area contributed by atoms with E-state index >= 15 is 0 Å². The lowest BCUT2D eigenvalue weighted by Gasteiger charge is -2.05. The van der Waals surface area contributed by atoms with Crippen LogP contribution in [0, 0.1) is 0 Å². The number of ether oxygens (including phenoxy) is 2. The van der Waals surface area contributed by atoms with E-state index in [9.17, 15) is 4.79 Å². The van der Waals surface area contributed by atoms with Crippen LogP contribution in [0.3, 0.4) is 0 Å². The number of methoxy groups -OCH3 is 2. The molecule has 0 atom stereocenters. The van der Waals surface area contributed by atoms with Gasteiger partial charge >= 0.3 is 5.97 Å². The predicted molar refractivity (Wildman–Crippen MR) is 64.2 cm³/mol. The van der Waals surface area contributed by atoms with Crippen LogP contribution in [0.15, 0.2) is 22.6 Å². The molecule has 0 unspecified atom stereocenters. The van der Waals surface area contributed by atoms with Gasteiger partial charge in [0.15, 0.2) is 0 Å². The molecule has 1 heterocycles. The van der Waals surface area contributed by atoms with Gasteiger partial charge in [-0.05, 0) is 12.1 Å². The zero-order valence-electron chi connectivity index (χ0n) is 10.4. The molecule has 2 rings (SSSR count). The highest BCUT2D eigenvalue weighted by Gasteiger charge is 2.13. The average Bonchev–Trinajstić information content (AvgIpc) is 2.85. The highest BCUT2D eigenvalue weighted by molar-refractivity contribution is 5.69. The lowest BCUT2D eigenvalue weighted by molar-refractivity contribution is -0.136. The van der Waals surface area contributed by atoms with Crippen molar-refractivity contribution in [3.05, 3.63) is 24.1 Å². The summed E-state index contributed by atoms with van der Waals surface area (Å²) in [5, 5.41) is 16.1. The predicted octanol–water partition coefficient (Wildman–Crippen LogP) is 1.38. The summed E-state index contributed by atoms with van der Waals surface area (Å²) in [5.74, 6) is 0.385. The Hall–Kier alpha value is -2.57. The molecule has 0 aliphatic heterocycles. The molecule has 19 heavy (non-hydrogen) atoms. The summed E-state index contributed by atoms with van der Waals surface area (Å²) in [5.41, 5.74) is 0.598. The van der Waals surface area contributed by atoms with Gasteiger partial charge < -0.3 is 19.0 Å². The lowest BCUT2D eigenvalue weighted by Crippen LogP contribution is -1.99. The number of aromatic nitrogens is 2. The summed E-state index contributed by atoms with van der Waals surface area (Å²) < 4.78 is 15.5. The van der Waals surface area contributed by atoms with Gasteiger partial charge in [0.1, 0.15) is 17.9 Å². The van der Waals surface area contributed by atoms with Crippen molar-refractivity contribution < 1.29 is 23.8 Å². The maximum Gasteiger partial charge on any atom is 0.312 e. The topological polar surface area (TPSA) is 94.7 Å². The van der Waals surface area contributed by atoms with Gasteiger partial charge in [-0.3, -0.25) is 4.79 Å². The molecular weight excluding hydrogens is 252 g/mol. The molecular formula is C12H12N2O5. The fraction of sp³-hybridized carbons (Fsp3) is 0.250. The van der Waals surface area contributed by atoms with Crippen LogP contribution in [-0.4, -0.2) is 35.5 Å². The molecule has 0 aliphatic rings. The molecule has 100 valence electrons. The molecule has 0 radical (unpaired) electrons. The van der Waals surface area contributed by atoms with E-state index in [1.165, 1.54) is 14.2 Å². The number of aliphatic carboxylic acids is 1. The molecule has 0 saturated heterocycles. The van der Waals surface area contributed by atoms with Crippen molar-refractivity contribution in [2.75, 3.05) is 14.2 Å². The number of carboxylic acids is 1. The Balaban J connectivity index is 2.35. The fourth-order valence-electron chi connectivity index (χ4n) is 1.50. The molecule has 0 aliphatic carbocycles. The van der Waals surface area contributed by atoms with Crippen molar-refractivity contribution in [2.24, 2.45) is 0 Å². The van der Waals surface area contributed by atoms with E-state index < -0.39 is 5.97 Å². The number of benzene rings is 1. The Morgan fingerprint density at radius 3 is 2.37 bits per heavy atom. The van der Waals surface area contributed by atoms with Gasteiger partial charge in [-0.2, -0.15) is 0 Å². The maximum absolute atomic E-state index is 10.5. The van der Waals surface area contributed by atoms with E-state index in [4.69, 9.17) is 19.0 Å². The molecule has 2 aromatic rings. The molecule has 0 fully saturated rings. The second kappa shape index (κ2) is 5.38. The highest BCUT2D eigenvalue weighted by Crippen LogP contribution is 2.28. The average molecular weight is 264 g/mol. The van der Waals surface area contributed by atoms with Gasteiger partial charge in [0.25, 0.3) is 0 Å². The van der Waals surface area contributed by atoms with Gasteiger partial charge in [-0.15, -0.1) is 10.2 Å². The zero-order chi connectivity index (χ0) is 13.8. The second-order valence-corrected chi connectivity index (χ2v) is 3.67. The molecule has 0 amide bonds. The van der Waals surface area contributed by atoms with Crippen LogP contribution in [0.2, 0.25) is 0 Å². The van der Waals surface area contributed by atoms with E-state index in [2.05, 4.69) is 10.2 Å². The Morgan fingerprint density at radius 1 is 1.21 bits per heavy atom. The third kappa shape index (κ3) is 3.01. The molecule has 7 heteroatoms. The van der Waals surface area contributed by atoms with Crippen LogP contribution in [-0.2, 0) is 11.2 Å². The van der Waals surface area contributed by atoms with E-state index in [1.54, 1.807) is 18.2 Å². The van der Waals surface area contributed by atoms with Crippen LogP contribution in [0.5, 0.6) is 11.5 Å². The number of rotatable bonds is 5. The quantitative estimate of drug-likeness (QED) is 0.871. The Kier molecular flexibility index (Phi) is 3.65. The first kappa shape index (κ1) is 12.9. The summed E-state index contributed by atoms with van der Waals surface area (Å²) in [4.78, 5) is 10.5. The van der Waals surface area contributed by atoms with E-state index in [0.717, 1.165) is 0 Å². The molecule has 0 bridgehead atoms. The largest absolute Gasteiger partial charge is 0.497 e. The van der Waals surface area contributed by atoms with Crippen molar-refractivity contribution >= 4 is 5.97 Å². The molecule has 0 spiro atoms. The first-order valence-electron chi connectivity index (χ1n) is 5.40. The monoisotopic (exact) mass is 264 g/mol. The van der Waals surface area contributed by atoms with Crippen LogP contribution < -0.4 is 9.47 Å². The zero-order valence-corrected chi connectivity index (χ0v) is 10.4. The van der Waals surface area contributed by atoms with Gasteiger partial charge in [0.2, 0.25) is 11.8 Å². The summed E-state index contributed by atoms with van der Waals surface area (Å²) in [6.45, 7) is 0. The molecule has 0 saturated carbocycles. The van der Waals surface area contributed by atoms with Crippen LogP contribution >= 0.6 is 0 Å². The minimum atomic E-state index is -1.03. The lowest BCUT2D eigenvalue weighted by atomic mass is 10.2. The van der Waals surface area contributed by atoms with E-state index in [-0.39, 0.29) is 18.2 Å². The minimum Gasteiger partial charge on any atom is -0.497 e. The van der Waals surface area contributed by atoms with Crippen molar-refractivity contribution in [2.45, 2.75) is 6.42 Å². The summed E-state index contributed by atoms with van der Waals surface area (Å²) in [6.07, 6.45) is -0.311.